The van der Waals surface area contributed by atoms with Crippen LogP contribution < -0.4 is 11.6 Å². The molecule has 4 N–H and O–H groups in total. The Morgan fingerprint density at radius 3 is 2.62 bits per heavy atom. The average Bonchev–Trinajstić information content (AvgIpc) is 2.46. The molecule has 1 heterocycles. The van der Waals surface area contributed by atoms with Crippen LogP contribution in [0.3, 0.4) is 0 Å². The Bertz CT molecular complexity index is 550. The van der Waals surface area contributed by atoms with Gasteiger partial charge >= 0.3 is 0 Å². The lowest BCUT2D eigenvalue weighted by Crippen LogP contribution is -2.13. The molecule has 84 valence electrons. The lowest BCUT2D eigenvalue weighted by molar-refractivity contribution is 0.631. The molecule has 0 unspecified atom stereocenters. The monoisotopic (exact) mass is 240 g/mol. The first-order chi connectivity index (χ1) is 7.50. The quantitative estimate of drug-likeness (QED) is 0.749. The van der Waals surface area contributed by atoms with Gasteiger partial charge < -0.3 is 11.6 Å². The molecule has 1 aromatic heterocycles. The molecular formula is C10H10ClFN4. The Balaban J connectivity index is 2.63. The van der Waals surface area contributed by atoms with Crippen molar-refractivity contribution in [3.8, 4) is 11.3 Å². The second kappa shape index (κ2) is 3.68. The molecule has 0 fully saturated rings. The number of hydrogen-bond donors (Lipinski definition) is 2. The van der Waals surface area contributed by atoms with Crippen molar-refractivity contribution in [2.75, 3.05) is 11.6 Å². The highest BCUT2D eigenvalue weighted by molar-refractivity contribution is 6.30. The van der Waals surface area contributed by atoms with Gasteiger partial charge in [0, 0.05) is 10.6 Å². The van der Waals surface area contributed by atoms with Crippen LogP contribution in [0, 0.1) is 12.7 Å². The summed E-state index contributed by atoms with van der Waals surface area (Å²) in [6, 6.07) is 4.31. The molecule has 0 saturated carbocycles. The number of aromatic nitrogens is 2. The molecule has 1 aromatic carbocycles. The number of hydrogen-bond acceptors (Lipinski definition) is 3. The number of nitrogen functional groups attached to an aromatic ring is 2. The highest BCUT2D eigenvalue weighted by Gasteiger charge is 2.15. The van der Waals surface area contributed by atoms with Gasteiger partial charge in [-0.3, -0.25) is 0 Å². The van der Waals surface area contributed by atoms with Crippen molar-refractivity contribution in [3.05, 3.63) is 34.9 Å². The van der Waals surface area contributed by atoms with Crippen molar-refractivity contribution in [3.63, 3.8) is 0 Å². The van der Waals surface area contributed by atoms with Crippen molar-refractivity contribution in [2.45, 2.75) is 6.92 Å². The number of nitrogens with zero attached hydrogens (tertiary/aromatic N) is 2. The Hall–Kier alpha value is -1.75. The minimum atomic E-state index is -0.475. The first-order valence-corrected chi connectivity index (χ1v) is 4.94. The number of benzene rings is 1. The zero-order valence-electron chi connectivity index (χ0n) is 8.54. The van der Waals surface area contributed by atoms with Gasteiger partial charge in [-0.05, 0) is 25.1 Å². The summed E-state index contributed by atoms with van der Waals surface area (Å²) in [5, 5.41) is 0.323. The first kappa shape index (κ1) is 10.8. The van der Waals surface area contributed by atoms with Gasteiger partial charge in [0.1, 0.15) is 17.3 Å². The van der Waals surface area contributed by atoms with Crippen molar-refractivity contribution in [2.24, 2.45) is 0 Å². The van der Waals surface area contributed by atoms with Crippen molar-refractivity contribution in [1.29, 1.82) is 0 Å². The summed E-state index contributed by atoms with van der Waals surface area (Å²) in [6.07, 6.45) is 0. The normalized spacial score (nSPS) is 10.7. The first-order valence-electron chi connectivity index (χ1n) is 4.56. The number of rotatable bonds is 1. The van der Waals surface area contributed by atoms with Crippen molar-refractivity contribution < 1.29 is 4.39 Å². The lowest BCUT2D eigenvalue weighted by atomic mass is 10.1. The molecule has 0 aliphatic heterocycles. The van der Waals surface area contributed by atoms with Crippen LogP contribution >= 0.6 is 11.6 Å². The van der Waals surface area contributed by atoms with E-state index < -0.39 is 5.82 Å². The van der Waals surface area contributed by atoms with Crippen LogP contribution in [-0.4, -0.2) is 9.66 Å². The zero-order valence-corrected chi connectivity index (χ0v) is 9.29. The van der Waals surface area contributed by atoms with Gasteiger partial charge in [-0.1, -0.05) is 11.6 Å². The van der Waals surface area contributed by atoms with Crippen molar-refractivity contribution in [1.82, 2.24) is 9.66 Å². The van der Waals surface area contributed by atoms with Crippen LogP contribution in [0.4, 0.5) is 10.2 Å². The predicted octanol–water partition coefficient (Wildman–Crippen LogP) is 1.95. The van der Waals surface area contributed by atoms with Crippen LogP contribution in [0.2, 0.25) is 5.02 Å². The van der Waals surface area contributed by atoms with E-state index in [-0.39, 0.29) is 11.4 Å². The topological polar surface area (TPSA) is 69.9 Å². The molecule has 0 amide bonds. The van der Waals surface area contributed by atoms with Crippen LogP contribution in [0.1, 0.15) is 5.82 Å². The van der Waals surface area contributed by atoms with Crippen molar-refractivity contribution >= 4 is 17.4 Å². The summed E-state index contributed by atoms with van der Waals surface area (Å²) in [6.45, 7) is 1.69. The van der Waals surface area contributed by atoms with Gasteiger partial charge in [-0.25, -0.2) is 14.1 Å². The van der Waals surface area contributed by atoms with Crippen LogP contribution in [0.5, 0.6) is 0 Å². The fourth-order valence-corrected chi connectivity index (χ4v) is 1.60. The van der Waals surface area contributed by atoms with Gasteiger partial charge in [0.25, 0.3) is 0 Å². The van der Waals surface area contributed by atoms with Gasteiger partial charge in [0.2, 0.25) is 0 Å². The van der Waals surface area contributed by atoms with Gasteiger partial charge in [-0.15, -0.1) is 0 Å². The lowest BCUT2D eigenvalue weighted by Gasteiger charge is -2.02. The number of anilines is 1. The SMILES string of the molecule is Cc1nc(-c2ccc(Cl)cc2F)c(N)n1N. The summed E-state index contributed by atoms with van der Waals surface area (Å²) in [5.41, 5.74) is 6.33. The third-order valence-corrected chi connectivity index (χ3v) is 2.55. The molecule has 0 atom stereocenters. The fourth-order valence-electron chi connectivity index (χ4n) is 1.44. The molecule has 0 aliphatic rings. The van der Waals surface area contributed by atoms with E-state index in [1.807, 2.05) is 0 Å². The summed E-state index contributed by atoms with van der Waals surface area (Å²) in [4.78, 5) is 4.10. The standard InChI is InChI=1S/C10H10ClFN4/c1-5-15-9(10(13)16(5)14)7-3-2-6(11)4-8(7)12/h2-4H,13-14H2,1H3. The molecule has 6 heteroatoms. The minimum Gasteiger partial charge on any atom is -0.382 e. The third-order valence-electron chi connectivity index (χ3n) is 2.31. The van der Waals surface area contributed by atoms with E-state index in [0.717, 1.165) is 0 Å². The van der Waals surface area contributed by atoms with E-state index in [9.17, 15) is 4.39 Å². The fraction of sp³-hybridized carbons (Fsp3) is 0.100. The van der Waals surface area contributed by atoms with Gasteiger partial charge in [0.15, 0.2) is 5.82 Å². The highest BCUT2D eigenvalue weighted by Crippen LogP contribution is 2.28. The molecule has 2 aromatic rings. The smallest absolute Gasteiger partial charge is 0.150 e. The Morgan fingerprint density at radius 2 is 2.12 bits per heavy atom. The van der Waals surface area contributed by atoms with Crippen LogP contribution in [-0.2, 0) is 0 Å². The average molecular weight is 241 g/mol. The molecule has 4 nitrogen and oxygen atoms in total. The maximum Gasteiger partial charge on any atom is 0.150 e. The Labute approximate surface area is 96.6 Å². The number of halogens is 2. The number of aryl methyl sites for hydroxylation is 1. The molecule has 16 heavy (non-hydrogen) atoms. The zero-order chi connectivity index (χ0) is 11.9. The van der Waals surface area contributed by atoms with E-state index in [1.165, 1.54) is 16.8 Å². The highest BCUT2D eigenvalue weighted by atomic mass is 35.5. The maximum absolute atomic E-state index is 13.6. The summed E-state index contributed by atoms with van der Waals surface area (Å²) < 4.78 is 14.8. The van der Waals surface area contributed by atoms with Gasteiger partial charge in [0.05, 0.1) is 0 Å². The van der Waals surface area contributed by atoms with Crippen LogP contribution in [0.15, 0.2) is 18.2 Å². The molecule has 0 bridgehead atoms. The molecule has 0 radical (unpaired) electrons. The molecule has 2 rings (SSSR count). The van der Waals surface area contributed by atoms with Gasteiger partial charge in [-0.2, -0.15) is 0 Å². The van der Waals surface area contributed by atoms with E-state index in [0.29, 0.717) is 16.5 Å². The summed E-state index contributed by atoms with van der Waals surface area (Å²) in [7, 11) is 0. The third kappa shape index (κ3) is 1.59. The Morgan fingerprint density at radius 1 is 1.44 bits per heavy atom. The molecule has 0 saturated heterocycles. The Kier molecular flexibility index (Phi) is 2.47. The summed E-state index contributed by atoms with van der Waals surface area (Å²) in [5.74, 6) is 5.86. The second-order valence-corrected chi connectivity index (χ2v) is 3.82. The van der Waals surface area contributed by atoms with E-state index in [2.05, 4.69) is 4.98 Å². The van der Waals surface area contributed by atoms with E-state index in [1.54, 1.807) is 13.0 Å². The maximum atomic E-state index is 13.6. The molecular weight excluding hydrogens is 231 g/mol. The van der Waals surface area contributed by atoms with Crippen LogP contribution in [0.25, 0.3) is 11.3 Å². The van der Waals surface area contributed by atoms with E-state index in [4.69, 9.17) is 23.2 Å². The number of imidazole rings is 1. The molecule has 0 aliphatic carbocycles. The predicted molar refractivity (Wildman–Crippen MR) is 61.9 cm³/mol. The summed E-state index contributed by atoms with van der Waals surface area (Å²) >= 11 is 5.66. The number of nitrogens with two attached hydrogens (primary N) is 2. The van der Waals surface area contributed by atoms with E-state index >= 15 is 0 Å². The second-order valence-electron chi connectivity index (χ2n) is 3.39. The minimum absolute atomic E-state index is 0.221. The largest absolute Gasteiger partial charge is 0.382 e. The molecule has 0 spiro atoms.